The summed E-state index contributed by atoms with van der Waals surface area (Å²) in [5, 5.41) is 1.93. The van der Waals surface area contributed by atoms with Crippen LogP contribution in [0.25, 0.3) is 0 Å². The van der Waals surface area contributed by atoms with E-state index in [9.17, 15) is 8.42 Å². The lowest BCUT2D eigenvalue weighted by Gasteiger charge is -2.36. The highest BCUT2D eigenvalue weighted by molar-refractivity contribution is 7.93. The number of halogens is 2. The average Bonchev–Trinajstić information content (AvgIpc) is 3.53. The number of aromatic nitrogens is 1. The van der Waals surface area contributed by atoms with Crippen LogP contribution in [0.3, 0.4) is 0 Å². The zero-order valence-corrected chi connectivity index (χ0v) is 26.1. The number of nitrogens with zero attached hydrogens (tertiary/aromatic N) is 3. The molecule has 0 spiro atoms. The number of hydrogen-bond donors (Lipinski definition) is 0. The van der Waals surface area contributed by atoms with Crippen molar-refractivity contribution in [1.82, 2.24) is 9.88 Å². The Balaban J connectivity index is 1.33. The van der Waals surface area contributed by atoms with Crippen LogP contribution in [0.2, 0.25) is 5.02 Å². The van der Waals surface area contributed by atoms with Crippen LogP contribution in [0.15, 0.2) is 77.1 Å². The molecular weight excluding hydrogens is 597 g/mol. The van der Waals surface area contributed by atoms with Crippen molar-refractivity contribution in [2.24, 2.45) is 0 Å². The fourth-order valence-electron chi connectivity index (χ4n) is 5.14. The van der Waals surface area contributed by atoms with Crippen LogP contribution in [0, 0.1) is 12.7 Å². The number of benzene rings is 3. The maximum absolute atomic E-state index is 15.6. The fraction of sp³-hybridized carbons (Fsp3) is 0.323. The molecular formula is C31H33ClFN3O4S2. The van der Waals surface area contributed by atoms with E-state index in [0.29, 0.717) is 5.75 Å². The molecule has 2 heterocycles. The minimum Gasteiger partial charge on any atom is -0.497 e. The Hall–Kier alpha value is -3.18. The number of rotatable bonds is 10. The quantitative estimate of drug-likeness (QED) is 0.184. The lowest BCUT2D eigenvalue weighted by atomic mass is 10.0. The minimum atomic E-state index is -4.37. The number of ether oxygens (including phenoxy) is 2. The molecule has 1 fully saturated rings. The van der Waals surface area contributed by atoms with Crippen molar-refractivity contribution in [3.8, 4) is 11.5 Å². The van der Waals surface area contributed by atoms with Gasteiger partial charge in [-0.05, 0) is 61.6 Å². The Morgan fingerprint density at radius 2 is 1.88 bits per heavy atom. The predicted octanol–water partition coefficient (Wildman–Crippen LogP) is 7.25. The van der Waals surface area contributed by atoms with Gasteiger partial charge in [0, 0.05) is 36.8 Å². The number of piperidine rings is 1. The highest BCUT2D eigenvalue weighted by Crippen LogP contribution is 2.36. The molecule has 3 aromatic carbocycles. The van der Waals surface area contributed by atoms with Crippen molar-refractivity contribution in [2.75, 3.05) is 24.5 Å². The predicted molar refractivity (Wildman–Crippen MR) is 165 cm³/mol. The van der Waals surface area contributed by atoms with E-state index >= 15 is 4.39 Å². The smallest absolute Gasteiger partial charge is 0.269 e. The third-order valence-corrected chi connectivity index (χ3v) is 10.6. The molecule has 11 heteroatoms. The number of likely N-dealkylation sites (tertiary alicyclic amines) is 1. The van der Waals surface area contributed by atoms with Crippen LogP contribution in [0.1, 0.15) is 42.5 Å². The van der Waals surface area contributed by atoms with E-state index in [0.717, 1.165) is 64.8 Å². The molecule has 1 saturated heterocycles. The molecule has 0 N–H and O–H groups in total. The second-order valence-electron chi connectivity index (χ2n) is 10.3. The molecule has 0 bridgehead atoms. The fourth-order valence-corrected chi connectivity index (χ4v) is 7.76. The number of aryl methyl sites for hydroxylation is 1. The van der Waals surface area contributed by atoms with Crippen LogP contribution < -0.4 is 13.8 Å². The van der Waals surface area contributed by atoms with Gasteiger partial charge < -0.3 is 9.47 Å². The monoisotopic (exact) mass is 629 g/mol. The van der Waals surface area contributed by atoms with Gasteiger partial charge in [0.2, 0.25) is 0 Å². The lowest BCUT2D eigenvalue weighted by molar-refractivity contribution is 0.0795. The standard InChI is InChI=1S/C31H33ClFN3O4S2/c1-21-17-26(39-3)10-9-24(21)20-36(31-34-13-16-41-31)42(37,38)30-18-27(32)29(19-28(30)33)40-25-11-14-35(15-12-25)22(2)23-7-5-4-6-8-23/h4-10,13,16-19,22,25H,11-12,14-15,20H2,1-3H3/t22-/m1/s1. The van der Waals surface area contributed by atoms with Gasteiger partial charge in [0.05, 0.1) is 18.7 Å². The van der Waals surface area contributed by atoms with Gasteiger partial charge >= 0.3 is 0 Å². The molecule has 0 radical (unpaired) electrons. The molecule has 0 unspecified atom stereocenters. The van der Waals surface area contributed by atoms with Gasteiger partial charge in [-0.3, -0.25) is 4.90 Å². The SMILES string of the molecule is COc1ccc(CN(c2nccs2)S(=O)(=O)c2cc(Cl)c(OC3CCN([C@H](C)c4ccccc4)CC3)cc2F)c(C)c1. The molecule has 1 atom stereocenters. The van der Waals surface area contributed by atoms with Gasteiger partial charge in [-0.15, -0.1) is 11.3 Å². The van der Waals surface area contributed by atoms with Gasteiger partial charge in [-0.2, -0.15) is 0 Å². The first-order valence-corrected chi connectivity index (χ1v) is 16.4. The summed E-state index contributed by atoms with van der Waals surface area (Å²) in [6.07, 6.45) is 2.84. The van der Waals surface area contributed by atoms with Gasteiger partial charge in [0.15, 0.2) is 5.13 Å². The van der Waals surface area contributed by atoms with Gasteiger partial charge in [-0.25, -0.2) is 22.1 Å². The van der Waals surface area contributed by atoms with Crippen molar-refractivity contribution in [2.45, 2.75) is 50.3 Å². The van der Waals surface area contributed by atoms with E-state index in [4.69, 9.17) is 21.1 Å². The number of sulfonamides is 1. The molecule has 1 aliphatic rings. The van der Waals surface area contributed by atoms with Gasteiger partial charge in [0.1, 0.15) is 28.3 Å². The Bertz CT molecular complexity index is 1610. The van der Waals surface area contributed by atoms with E-state index in [-0.39, 0.29) is 34.6 Å². The average molecular weight is 630 g/mol. The summed E-state index contributed by atoms with van der Waals surface area (Å²) in [6.45, 7) is 5.65. The second-order valence-corrected chi connectivity index (χ2v) is 13.4. The molecule has 1 aliphatic heterocycles. The summed E-state index contributed by atoms with van der Waals surface area (Å²) in [7, 11) is -2.81. The van der Waals surface area contributed by atoms with Crippen LogP contribution in [0.4, 0.5) is 9.52 Å². The molecule has 1 aromatic heterocycles. The maximum Gasteiger partial charge on any atom is 0.269 e. The summed E-state index contributed by atoms with van der Waals surface area (Å²) in [4.78, 5) is 6.07. The van der Waals surface area contributed by atoms with Crippen molar-refractivity contribution >= 4 is 38.1 Å². The third-order valence-electron chi connectivity index (χ3n) is 7.65. The van der Waals surface area contributed by atoms with Crippen molar-refractivity contribution in [3.63, 3.8) is 0 Å². The summed E-state index contributed by atoms with van der Waals surface area (Å²) in [6, 6.07) is 18.2. The van der Waals surface area contributed by atoms with Crippen LogP contribution in [0.5, 0.6) is 11.5 Å². The molecule has 0 amide bonds. The largest absolute Gasteiger partial charge is 0.497 e. The molecule has 7 nitrogen and oxygen atoms in total. The first-order valence-electron chi connectivity index (χ1n) is 13.7. The van der Waals surface area contributed by atoms with Crippen molar-refractivity contribution < 1.29 is 22.3 Å². The molecule has 4 aromatic rings. The van der Waals surface area contributed by atoms with Crippen molar-refractivity contribution in [1.29, 1.82) is 0 Å². The molecule has 222 valence electrons. The maximum atomic E-state index is 15.6. The van der Waals surface area contributed by atoms with E-state index < -0.39 is 20.7 Å². The summed E-state index contributed by atoms with van der Waals surface area (Å²) < 4.78 is 55.8. The molecule has 5 rings (SSSR count). The molecule has 42 heavy (non-hydrogen) atoms. The van der Waals surface area contributed by atoms with E-state index in [1.807, 2.05) is 31.2 Å². The van der Waals surface area contributed by atoms with Gasteiger partial charge in [-0.1, -0.05) is 48.0 Å². The highest BCUT2D eigenvalue weighted by atomic mass is 35.5. The van der Waals surface area contributed by atoms with E-state index in [1.165, 1.54) is 11.8 Å². The number of hydrogen-bond acceptors (Lipinski definition) is 7. The zero-order chi connectivity index (χ0) is 29.9. The summed E-state index contributed by atoms with van der Waals surface area (Å²) in [5.41, 5.74) is 2.82. The first kappa shape index (κ1) is 30.3. The Kier molecular flexibility index (Phi) is 9.37. The number of anilines is 1. The summed E-state index contributed by atoms with van der Waals surface area (Å²) >= 11 is 7.67. The Morgan fingerprint density at radius 1 is 1.14 bits per heavy atom. The minimum absolute atomic E-state index is 0.0368. The third kappa shape index (κ3) is 6.57. The Morgan fingerprint density at radius 3 is 2.52 bits per heavy atom. The van der Waals surface area contributed by atoms with Crippen LogP contribution >= 0.6 is 22.9 Å². The molecule has 0 aliphatic carbocycles. The van der Waals surface area contributed by atoms with Crippen LogP contribution in [-0.4, -0.2) is 44.6 Å². The normalized spacial score (nSPS) is 15.4. The van der Waals surface area contributed by atoms with Crippen LogP contribution in [-0.2, 0) is 16.6 Å². The number of methoxy groups -OCH3 is 1. The Labute approximate surface area is 255 Å². The second kappa shape index (κ2) is 13.0. The summed E-state index contributed by atoms with van der Waals surface area (Å²) in [5.74, 6) is -0.142. The number of thiazole rings is 1. The topological polar surface area (TPSA) is 72.0 Å². The van der Waals surface area contributed by atoms with Gasteiger partial charge in [0.25, 0.3) is 10.0 Å². The highest BCUT2D eigenvalue weighted by Gasteiger charge is 2.32. The molecule has 0 saturated carbocycles. The first-order chi connectivity index (χ1) is 20.2. The zero-order valence-electron chi connectivity index (χ0n) is 23.7. The van der Waals surface area contributed by atoms with E-state index in [1.54, 1.807) is 24.6 Å². The van der Waals surface area contributed by atoms with E-state index in [2.05, 4.69) is 28.9 Å². The lowest BCUT2D eigenvalue weighted by Crippen LogP contribution is -2.39. The van der Waals surface area contributed by atoms with Crippen molar-refractivity contribution in [3.05, 3.63) is 99.8 Å².